The first-order chi connectivity index (χ1) is 10.2. The first-order valence-corrected chi connectivity index (χ1v) is 6.17. The highest BCUT2D eigenvalue weighted by Gasteiger charge is 2.12. The van der Waals surface area contributed by atoms with Crippen LogP contribution in [0.25, 0.3) is 10.9 Å². The molecule has 2 heterocycles. The van der Waals surface area contributed by atoms with Gasteiger partial charge in [-0.2, -0.15) is 5.26 Å². The Balaban J connectivity index is 1.90. The standard InChI is InChI=1S/C14H11N5O2/c15-7-9-1-2-13-10(5-9)3-4-19(13)8-11-6-12(18-21-11)14(20)17-16/h1-6H,8,16H2,(H,17,20). The first kappa shape index (κ1) is 12.9. The zero-order chi connectivity index (χ0) is 14.8. The van der Waals surface area contributed by atoms with E-state index in [-0.39, 0.29) is 5.69 Å². The summed E-state index contributed by atoms with van der Waals surface area (Å²) in [7, 11) is 0. The molecule has 2 aromatic heterocycles. The van der Waals surface area contributed by atoms with Crippen molar-refractivity contribution in [2.24, 2.45) is 5.84 Å². The lowest BCUT2D eigenvalue weighted by Gasteiger charge is -2.01. The van der Waals surface area contributed by atoms with Crippen molar-refractivity contribution in [3.63, 3.8) is 0 Å². The zero-order valence-electron chi connectivity index (χ0n) is 10.9. The number of nitrogens with one attached hydrogen (secondary N) is 1. The normalized spacial score (nSPS) is 10.5. The molecule has 0 radical (unpaired) electrons. The van der Waals surface area contributed by atoms with E-state index in [1.54, 1.807) is 6.07 Å². The van der Waals surface area contributed by atoms with Gasteiger partial charge in [0.2, 0.25) is 0 Å². The van der Waals surface area contributed by atoms with E-state index in [1.807, 2.05) is 34.4 Å². The van der Waals surface area contributed by atoms with E-state index in [0.29, 0.717) is 17.9 Å². The topological polar surface area (TPSA) is 110 Å². The van der Waals surface area contributed by atoms with Crippen molar-refractivity contribution >= 4 is 16.8 Å². The molecule has 0 saturated carbocycles. The molecule has 1 amide bonds. The maximum Gasteiger partial charge on any atom is 0.287 e. The van der Waals surface area contributed by atoms with E-state index in [9.17, 15) is 4.79 Å². The Morgan fingerprint density at radius 3 is 3.05 bits per heavy atom. The van der Waals surface area contributed by atoms with Crippen molar-refractivity contribution in [2.75, 3.05) is 0 Å². The summed E-state index contributed by atoms with van der Waals surface area (Å²) in [4.78, 5) is 11.3. The van der Waals surface area contributed by atoms with Crippen LogP contribution >= 0.6 is 0 Å². The SMILES string of the molecule is N#Cc1ccc2c(ccn2Cc2cc(C(=O)NN)no2)c1. The quantitative estimate of drug-likeness (QED) is 0.425. The second-order valence-corrected chi connectivity index (χ2v) is 4.48. The van der Waals surface area contributed by atoms with Crippen LogP contribution in [0.3, 0.4) is 0 Å². The monoisotopic (exact) mass is 281 g/mol. The highest BCUT2D eigenvalue weighted by atomic mass is 16.5. The number of benzene rings is 1. The van der Waals surface area contributed by atoms with Crippen LogP contribution in [0.1, 0.15) is 21.8 Å². The third kappa shape index (κ3) is 2.35. The number of nitriles is 1. The lowest BCUT2D eigenvalue weighted by molar-refractivity contribution is 0.0944. The van der Waals surface area contributed by atoms with Gasteiger partial charge in [0.15, 0.2) is 11.5 Å². The summed E-state index contributed by atoms with van der Waals surface area (Å²) in [5, 5.41) is 13.5. The molecule has 0 atom stereocenters. The average Bonchev–Trinajstić information content (AvgIpc) is 3.14. The Kier molecular flexibility index (Phi) is 3.14. The highest BCUT2D eigenvalue weighted by molar-refractivity contribution is 5.91. The number of nitrogens with zero attached hydrogens (tertiary/aromatic N) is 3. The second kappa shape index (κ2) is 5.11. The molecule has 104 valence electrons. The Morgan fingerprint density at radius 2 is 2.29 bits per heavy atom. The molecule has 3 N–H and O–H groups in total. The highest BCUT2D eigenvalue weighted by Crippen LogP contribution is 2.19. The number of rotatable bonds is 3. The first-order valence-electron chi connectivity index (χ1n) is 6.17. The number of hydrazine groups is 1. The molecular formula is C14H11N5O2. The fraction of sp³-hybridized carbons (Fsp3) is 0.0714. The minimum absolute atomic E-state index is 0.135. The predicted octanol–water partition coefficient (Wildman–Crippen LogP) is 1.15. The van der Waals surface area contributed by atoms with Crippen molar-refractivity contribution in [3.05, 3.63) is 53.5 Å². The third-order valence-corrected chi connectivity index (χ3v) is 3.15. The number of fused-ring (bicyclic) bond motifs is 1. The Morgan fingerprint density at radius 1 is 1.43 bits per heavy atom. The Hall–Kier alpha value is -3.11. The van der Waals surface area contributed by atoms with Gasteiger partial charge in [0.1, 0.15) is 0 Å². The molecule has 0 aliphatic carbocycles. The van der Waals surface area contributed by atoms with Gasteiger partial charge in [0, 0.05) is 23.2 Å². The number of carbonyl (C=O) groups excluding carboxylic acids is 1. The Bertz CT molecular complexity index is 856. The molecule has 3 rings (SSSR count). The minimum Gasteiger partial charge on any atom is -0.359 e. The van der Waals surface area contributed by atoms with Crippen LogP contribution in [0.5, 0.6) is 0 Å². The zero-order valence-corrected chi connectivity index (χ0v) is 10.9. The number of hydrogen-bond donors (Lipinski definition) is 2. The van der Waals surface area contributed by atoms with E-state index in [4.69, 9.17) is 15.6 Å². The van der Waals surface area contributed by atoms with Crippen molar-refractivity contribution in [3.8, 4) is 6.07 Å². The lowest BCUT2D eigenvalue weighted by atomic mass is 10.2. The van der Waals surface area contributed by atoms with E-state index in [0.717, 1.165) is 10.9 Å². The van der Waals surface area contributed by atoms with Crippen molar-refractivity contribution in [2.45, 2.75) is 6.54 Å². The molecule has 0 aliphatic rings. The summed E-state index contributed by atoms with van der Waals surface area (Å²) >= 11 is 0. The minimum atomic E-state index is -0.499. The van der Waals surface area contributed by atoms with E-state index < -0.39 is 5.91 Å². The lowest BCUT2D eigenvalue weighted by Crippen LogP contribution is -2.30. The number of nitrogen functional groups attached to an aromatic ring is 1. The maximum absolute atomic E-state index is 11.3. The van der Waals surface area contributed by atoms with Gasteiger partial charge < -0.3 is 9.09 Å². The summed E-state index contributed by atoms with van der Waals surface area (Å²) in [6.45, 7) is 0.431. The molecule has 7 nitrogen and oxygen atoms in total. The molecule has 3 aromatic rings. The number of hydrogen-bond acceptors (Lipinski definition) is 5. The third-order valence-electron chi connectivity index (χ3n) is 3.15. The van der Waals surface area contributed by atoms with Crippen LogP contribution in [0.2, 0.25) is 0 Å². The fourth-order valence-electron chi connectivity index (χ4n) is 2.14. The molecule has 0 unspecified atom stereocenters. The van der Waals surface area contributed by atoms with Crippen LogP contribution < -0.4 is 11.3 Å². The van der Waals surface area contributed by atoms with Gasteiger partial charge in [-0.3, -0.25) is 10.2 Å². The Labute approximate surface area is 119 Å². The summed E-state index contributed by atoms with van der Waals surface area (Å²) < 4.78 is 7.06. The van der Waals surface area contributed by atoms with E-state index >= 15 is 0 Å². The molecule has 7 heteroatoms. The molecule has 0 bridgehead atoms. The van der Waals surface area contributed by atoms with Gasteiger partial charge in [-0.1, -0.05) is 5.16 Å². The van der Waals surface area contributed by atoms with Gasteiger partial charge >= 0.3 is 0 Å². The summed E-state index contributed by atoms with van der Waals surface area (Å²) in [6.07, 6.45) is 1.89. The second-order valence-electron chi connectivity index (χ2n) is 4.48. The molecule has 21 heavy (non-hydrogen) atoms. The summed E-state index contributed by atoms with van der Waals surface area (Å²) in [6, 6.07) is 11.0. The maximum atomic E-state index is 11.3. The number of amides is 1. The smallest absolute Gasteiger partial charge is 0.287 e. The largest absolute Gasteiger partial charge is 0.359 e. The molecule has 0 fully saturated rings. The van der Waals surface area contributed by atoms with Crippen LogP contribution in [0, 0.1) is 11.3 Å². The predicted molar refractivity (Wildman–Crippen MR) is 73.9 cm³/mol. The van der Waals surface area contributed by atoms with Crippen LogP contribution in [-0.4, -0.2) is 15.6 Å². The van der Waals surface area contributed by atoms with Crippen molar-refractivity contribution < 1.29 is 9.32 Å². The average molecular weight is 281 g/mol. The summed E-state index contributed by atoms with van der Waals surface area (Å²) in [5.74, 6) is 5.08. The number of carbonyl (C=O) groups is 1. The van der Waals surface area contributed by atoms with Crippen molar-refractivity contribution in [1.29, 1.82) is 5.26 Å². The number of aromatic nitrogens is 2. The van der Waals surface area contributed by atoms with Gasteiger partial charge in [0.05, 0.1) is 18.2 Å². The molecule has 0 saturated heterocycles. The summed E-state index contributed by atoms with van der Waals surface area (Å²) in [5.41, 5.74) is 3.71. The van der Waals surface area contributed by atoms with Gasteiger partial charge in [-0.25, -0.2) is 5.84 Å². The van der Waals surface area contributed by atoms with Crippen LogP contribution in [0.15, 0.2) is 41.1 Å². The van der Waals surface area contributed by atoms with E-state index in [2.05, 4.69) is 11.2 Å². The fourth-order valence-corrected chi connectivity index (χ4v) is 2.14. The van der Waals surface area contributed by atoms with Crippen LogP contribution in [0.4, 0.5) is 0 Å². The van der Waals surface area contributed by atoms with Gasteiger partial charge in [-0.15, -0.1) is 0 Å². The molecule has 1 aromatic carbocycles. The van der Waals surface area contributed by atoms with E-state index in [1.165, 1.54) is 6.07 Å². The molecule has 0 aliphatic heterocycles. The van der Waals surface area contributed by atoms with Crippen LogP contribution in [-0.2, 0) is 6.54 Å². The van der Waals surface area contributed by atoms with Gasteiger partial charge in [0.25, 0.3) is 5.91 Å². The molecule has 0 spiro atoms. The van der Waals surface area contributed by atoms with Crippen molar-refractivity contribution in [1.82, 2.24) is 15.1 Å². The van der Waals surface area contributed by atoms with Gasteiger partial charge in [-0.05, 0) is 24.3 Å². The number of nitrogens with two attached hydrogens (primary N) is 1. The molecular weight excluding hydrogens is 270 g/mol.